The molecule has 3 aromatic carbocycles. The van der Waals surface area contributed by atoms with Gasteiger partial charge in [0.05, 0.1) is 40.8 Å². The molecule has 0 saturated carbocycles. The van der Waals surface area contributed by atoms with Crippen molar-refractivity contribution < 1.29 is 24.2 Å². The number of para-hydroxylation sites is 2. The second-order valence-electron chi connectivity index (χ2n) is 12.0. The van der Waals surface area contributed by atoms with Gasteiger partial charge in [0.15, 0.2) is 0 Å². The van der Waals surface area contributed by atoms with Crippen LogP contribution in [0.15, 0.2) is 109 Å². The molecule has 8 nitrogen and oxygen atoms in total. The first-order valence-electron chi connectivity index (χ1n) is 15.3. The summed E-state index contributed by atoms with van der Waals surface area (Å²) in [5, 5.41) is 11.2. The molecule has 0 bridgehead atoms. The number of ether oxygens (including phenoxy) is 1. The minimum atomic E-state index is -1.48. The maximum absolute atomic E-state index is 15.0. The molecule has 4 aliphatic heterocycles. The molecule has 3 aromatic rings. The predicted octanol–water partition coefficient (Wildman–Crippen LogP) is 4.94. The lowest BCUT2D eigenvalue weighted by Gasteiger charge is -2.41. The lowest BCUT2D eigenvalue weighted by molar-refractivity contribution is -0.149. The van der Waals surface area contributed by atoms with Crippen molar-refractivity contribution in [2.24, 2.45) is 11.8 Å². The average Bonchev–Trinajstić information content (AvgIpc) is 3.35. The third-order valence-electron chi connectivity index (χ3n) is 9.78. The predicted molar refractivity (Wildman–Crippen MR) is 172 cm³/mol. The molecule has 1 N–H and O–H groups in total. The second kappa shape index (κ2) is 11.3. The Morgan fingerprint density at radius 1 is 0.822 bits per heavy atom. The van der Waals surface area contributed by atoms with Gasteiger partial charge < -0.3 is 24.5 Å². The first-order chi connectivity index (χ1) is 21.9. The molecular formula is C36H34ClN3O5. The Hall–Kier alpha value is -4.24. The molecule has 0 aliphatic carbocycles. The highest BCUT2D eigenvalue weighted by molar-refractivity contribution is 6.34. The largest absolute Gasteiger partial charge is 0.394 e. The first kappa shape index (κ1) is 29.5. The van der Waals surface area contributed by atoms with Gasteiger partial charge >= 0.3 is 0 Å². The van der Waals surface area contributed by atoms with Gasteiger partial charge in [-0.05, 0) is 36.2 Å². The van der Waals surface area contributed by atoms with Gasteiger partial charge in [0.25, 0.3) is 5.91 Å². The number of anilines is 2. The summed E-state index contributed by atoms with van der Waals surface area (Å²) in [6.45, 7) is 2.03. The molecule has 1 spiro atoms. The topological polar surface area (TPSA) is 90.4 Å². The van der Waals surface area contributed by atoms with Gasteiger partial charge in [-0.25, -0.2) is 0 Å². The van der Waals surface area contributed by atoms with Gasteiger partial charge in [0.2, 0.25) is 11.8 Å². The number of fused-ring (bicyclic) bond motifs is 2. The highest BCUT2D eigenvalue weighted by Gasteiger charge is 2.76. The molecular weight excluding hydrogens is 590 g/mol. The Morgan fingerprint density at radius 3 is 2.16 bits per heavy atom. The van der Waals surface area contributed by atoms with E-state index in [1.165, 1.54) is 4.90 Å². The summed E-state index contributed by atoms with van der Waals surface area (Å²) in [7, 11) is 0. The van der Waals surface area contributed by atoms with Gasteiger partial charge in [0.1, 0.15) is 11.6 Å². The summed E-state index contributed by atoms with van der Waals surface area (Å²) < 4.78 is 7.10. The highest BCUT2D eigenvalue weighted by atomic mass is 35.5. The Morgan fingerprint density at radius 2 is 1.47 bits per heavy atom. The fourth-order valence-corrected chi connectivity index (χ4v) is 8.03. The molecule has 1 unspecified atom stereocenters. The van der Waals surface area contributed by atoms with Crippen LogP contribution in [0.3, 0.4) is 0 Å². The van der Waals surface area contributed by atoms with Gasteiger partial charge in [-0.15, -0.1) is 0 Å². The summed E-state index contributed by atoms with van der Waals surface area (Å²) in [5.74, 6) is -2.97. The van der Waals surface area contributed by atoms with Crippen molar-refractivity contribution in [1.29, 1.82) is 0 Å². The summed E-state index contributed by atoms with van der Waals surface area (Å²) in [6, 6.07) is 23.6. The van der Waals surface area contributed by atoms with Crippen LogP contribution in [0.5, 0.6) is 0 Å². The number of amides is 3. The van der Waals surface area contributed by atoms with E-state index in [0.717, 1.165) is 0 Å². The third-order valence-corrected chi connectivity index (χ3v) is 10.1. The van der Waals surface area contributed by atoms with Crippen LogP contribution in [-0.4, -0.2) is 64.7 Å². The number of carbonyl (C=O) groups is 3. The number of aliphatic hydroxyl groups is 1. The van der Waals surface area contributed by atoms with Crippen molar-refractivity contribution in [2.75, 3.05) is 29.5 Å². The van der Waals surface area contributed by atoms with Gasteiger partial charge in [0, 0.05) is 18.8 Å². The zero-order valence-electron chi connectivity index (χ0n) is 24.8. The zero-order valence-corrected chi connectivity index (χ0v) is 25.6. The van der Waals surface area contributed by atoms with Crippen molar-refractivity contribution in [3.05, 3.63) is 120 Å². The molecule has 230 valence electrons. The standard InChI is InChI=1S/C36H34ClN3O5/c1-2-35-19-11-21-38(25-15-7-4-8-16-25)32(42)29(35)30-33(43)40(28(23-41)24-13-5-3-6-14-24)31-34(44)39(22-12-20-36(30,31)45-35)27-18-10-9-17-26(27)37/h3-20,28-31,41H,2,21-23H2,1H3/t28-,29-,30+,31?,35+,36+/m1/s1. The van der Waals surface area contributed by atoms with Crippen molar-refractivity contribution in [3.63, 3.8) is 0 Å². The minimum absolute atomic E-state index is 0.192. The van der Waals surface area contributed by atoms with Gasteiger partial charge in [-0.2, -0.15) is 0 Å². The summed E-state index contributed by atoms with van der Waals surface area (Å²) >= 11 is 6.61. The van der Waals surface area contributed by atoms with Crippen molar-refractivity contribution in [3.8, 4) is 0 Å². The van der Waals surface area contributed by atoms with Gasteiger partial charge in [-0.1, -0.05) is 103 Å². The number of rotatable bonds is 6. The van der Waals surface area contributed by atoms with Crippen LogP contribution in [0.2, 0.25) is 5.02 Å². The van der Waals surface area contributed by atoms with Crippen LogP contribution < -0.4 is 9.80 Å². The summed E-state index contributed by atoms with van der Waals surface area (Å²) in [6.07, 6.45) is 7.89. The quantitative estimate of drug-likeness (QED) is 0.393. The van der Waals surface area contributed by atoms with E-state index in [-0.39, 0.29) is 12.5 Å². The molecule has 0 aromatic heterocycles. The van der Waals surface area contributed by atoms with E-state index in [9.17, 15) is 14.7 Å². The summed E-state index contributed by atoms with van der Waals surface area (Å²) in [4.78, 5) is 49.4. The molecule has 0 radical (unpaired) electrons. The number of benzene rings is 3. The molecule has 4 aliphatic rings. The van der Waals surface area contributed by atoms with E-state index in [4.69, 9.17) is 16.3 Å². The van der Waals surface area contributed by atoms with Crippen molar-refractivity contribution in [2.45, 2.75) is 36.6 Å². The fourth-order valence-electron chi connectivity index (χ4n) is 7.79. The Balaban J connectivity index is 1.42. The van der Waals surface area contributed by atoms with Crippen LogP contribution in [0.25, 0.3) is 0 Å². The Kier molecular flexibility index (Phi) is 7.39. The van der Waals surface area contributed by atoms with Crippen LogP contribution in [0, 0.1) is 11.8 Å². The molecule has 9 heteroatoms. The van der Waals surface area contributed by atoms with Crippen LogP contribution in [0.4, 0.5) is 11.4 Å². The fraction of sp³-hybridized carbons (Fsp3) is 0.306. The van der Waals surface area contributed by atoms with Gasteiger partial charge in [-0.3, -0.25) is 14.4 Å². The minimum Gasteiger partial charge on any atom is -0.394 e. The Bertz CT molecular complexity index is 1700. The molecule has 7 rings (SSSR count). The van der Waals surface area contributed by atoms with Crippen molar-refractivity contribution >= 4 is 40.7 Å². The second-order valence-corrected chi connectivity index (χ2v) is 12.4. The molecule has 4 heterocycles. The van der Waals surface area contributed by atoms with E-state index in [1.807, 2.05) is 91.9 Å². The number of nitrogens with zero attached hydrogens (tertiary/aromatic N) is 3. The highest BCUT2D eigenvalue weighted by Crippen LogP contribution is 2.60. The summed E-state index contributed by atoms with van der Waals surface area (Å²) in [5.41, 5.74) is -0.711. The smallest absolute Gasteiger partial charge is 0.253 e. The van der Waals surface area contributed by atoms with E-state index in [2.05, 4.69) is 0 Å². The SMILES string of the molecule is CC[C@]12C=CCN(c3ccccc3)C(=O)[C@H]1[C@H]1C(=O)N([C@H](CO)c3ccccc3)C3C(=O)N(c4ccccc4Cl)CC=C[C@@]31O2. The van der Waals surface area contributed by atoms with E-state index in [1.54, 1.807) is 34.1 Å². The number of hydrogen-bond donors (Lipinski definition) is 1. The lowest BCUT2D eigenvalue weighted by Crippen LogP contribution is -2.57. The average molecular weight is 624 g/mol. The van der Waals surface area contributed by atoms with E-state index >= 15 is 4.79 Å². The van der Waals surface area contributed by atoms with Crippen LogP contribution >= 0.6 is 11.6 Å². The normalized spacial score (nSPS) is 29.7. The van der Waals surface area contributed by atoms with E-state index < -0.39 is 53.5 Å². The third kappa shape index (κ3) is 4.38. The zero-order chi connectivity index (χ0) is 31.3. The molecule has 2 saturated heterocycles. The number of halogens is 1. The lowest BCUT2D eigenvalue weighted by atomic mass is 9.73. The molecule has 3 amide bonds. The monoisotopic (exact) mass is 623 g/mol. The number of likely N-dealkylation sites (tertiary alicyclic amines) is 1. The first-order valence-corrected chi connectivity index (χ1v) is 15.7. The maximum Gasteiger partial charge on any atom is 0.253 e. The molecule has 6 atom stereocenters. The molecule has 45 heavy (non-hydrogen) atoms. The van der Waals surface area contributed by atoms with Crippen LogP contribution in [-0.2, 0) is 19.1 Å². The number of carbonyl (C=O) groups excluding carboxylic acids is 3. The van der Waals surface area contributed by atoms with Crippen LogP contribution in [0.1, 0.15) is 24.9 Å². The molecule has 2 fully saturated rings. The maximum atomic E-state index is 15.0. The number of aliphatic hydroxyl groups excluding tert-OH is 1. The number of hydrogen-bond acceptors (Lipinski definition) is 5. The van der Waals surface area contributed by atoms with Crippen molar-refractivity contribution in [1.82, 2.24) is 4.90 Å². The Labute approximate surface area is 267 Å². The van der Waals surface area contributed by atoms with E-state index in [0.29, 0.717) is 34.9 Å².